The smallest absolute Gasteiger partial charge is 0.226 e. The first-order valence-electron chi connectivity index (χ1n) is 18.7. The van der Waals surface area contributed by atoms with E-state index in [1.165, 1.54) is 5.56 Å². The Morgan fingerprint density at radius 3 is 2.31 bits per heavy atom. The van der Waals surface area contributed by atoms with Crippen molar-refractivity contribution < 1.29 is 9.53 Å². The fourth-order valence-corrected chi connectivity index (χ4v) is 7.15. The molecule has 1 saturated heterocycles. The average Bonchev–Trinajstić information content (AvgIpc) is 3.56. The SMILES string of the molecule is C=C(C)OC(C)(C)C.C=CC1CC1(NC(=C)C1CCCN1C(=O)C(CC)C(C)C)C(=C)C.Cc1cc(-c2ccccc2)nc2cc(CC#N)ccc12. The molecule has 0 radical (unpaired) electrons. The highest BCUT2D eigenvalue weighted by atomic mass is 16.5. The van der Waals surface area contributed by atoms with Crippen molar-refractivity contribution in [3.8, 4) is 17.3 Å². The van der Waals surface area contributed by atoms with Crippen molar-refractivity contribution in [3.05, 3.63) is 115 Å². The highest BCUT2D eigenvalue weighted by molar-refractivity contribution is 5.85. The maximum Gasteiger partial charge on any atom is 0.226 e. The van der Waals surface area contributed by atoms with Crippen LogP contribution in [0.3, 0.4) is 0 Å². The molecule has 1 aliphatic heterocycles. The summed E-state index contributed by atoms with van der Waals surface area (Å²) >= 11 is 0. The van der Waals surface area contributed by atoms with E-state index in [1.54, 1.807) is 0 Å². The Balaban J connectivity index is 0.000000235. The number of likely N-dealkylation sites (tertiary alicyclic amines) is 1. The number of pyridine rings is 1. The standard InChI is InChI=1S/C21H34N2O.C18H14N2.C7H14O/c1-8-17-13-21(17,15(5)6)22-16(7)19-11-10-12-23(19)20(24)18(9-2)14(3)4;1-13-11-17(15-5-3-2-4-6-15)20-18-12-14(9-10-19)7-8-16(13)18;1-6(2)8-7(3,4)5/h8,14,17-19,22H,1,5,7,9-13H2,2-4,6H3;2-8,11-12H,9H2,1H3;1H2,2-5H3. The summed E-state index contributed by atoms with van der Waals surface area (Å²) < 4.78 is 5.24. The number of hydrogen-bond donors (Lipinski definition) is 1. The molecule has 2 fully saturated rings. The van der Waals surface area contributed by atoms with Gasteiger partial charge in [0.25, 0.3) is 0 Å². The van der Waals surface area contributed by atoms with Gasteiger partial charge in [0.1, 0.15) is 5.60 Å². The van der Waals surface area contributed by atoms with Crippen LogP contribution in [-0.2, 0) is 16.0 Å². The van der Waals surface area contributed by atoms with Gasteiger partial charge in [-0.1, -0.05) is 94.6 Å². The molecule has 0 spiro atoms. The summed E-state index contributed by atoms with van der Waals surface area (Å²) in [7, 11) is 0. The minimum absolute atomic E-state index is 0.0775. The number of aromatic nitrogens is 1. The first-order chi connectivity index (χ1) is 24.5. The molecule has 278 valence electrons. The molecule has 4 atom stereocenters. The van der Waals surface area contributed by atoms with Crippen molar-refractivity contribution in [1.29, 1.82) is 5.26 Å². The maximum atomic E-state index is 13.0. The zero-order chi connectivity index (χ0) is 38.8. The molecule has 52 heavy (non-hydrogen) atoms. The number of fused-ring (bicyclic) bond motifs is 1. The number of allylic oxidation sites excluding steroid dienone is 1. The minimum Gasteiger partial charge on any atom is -0.493 e. The van der Waals surface area contributed by atoms with Crippen LogP contribution in [-0.4, -0.2) is 39.5 Å². The van der Waals surface area contributed by atoms with E-state index in [9.17, 15) is 4.79 Å². The van der Waals surface area contributed by atoms with Gasteiger partial charge in [0.05, 0.1) is 41.0 Å². The van der Waals surface area contributed by atoms with E-state index in [0.717, 1.165) is 77.0 Å². The molecular formula is C46H62N4O2. The highest BCUT2D eigenvalue weighted by Gasteiger charge is 2.54. The Kier molecular flexibility index (Phi) is 14.6. The second-order valence-electron chi connectivity index (χ2n) is 15.7. The number of aryl methyl sites for hydroxylation is 1. The number of amides is 1. The number of rotatable bonds is 11. The van der Waals surface area contributed by atoms with Gasteiger partial charge in [-0.3, -0.25) is 4.79 Å². The van der Waals surface area contributed by atoms with Gasteiger partial charge in [0, 0.05) is 35.0 Å². The van der Waals surface area contributed by atoms with E-state index in [4.69, 9.17) is 15.0 Å². The molecule has 2 aliphatic rings. The Hall–Kier alpha value is -4.63. The van der Waals surface area contributed by atoms with Crippen LogP contribution in [0.5, 0.6) is 0 Å². The van der Waals surface area contributed by atoms with E-state index in [2.05, 4.69) is 101 Å². The van der Waals surface area contributed by atoms with Gasteiger partial charge in [0.2, 0.25) is 5.91 Å². The zero-order valence-corrected chi connectivity index (χ0v) is 33.3. The first kappa shape index (κ1) is 41.8. The predicted octanol–water partition coefficient (Wildman–Crippen LogP) is 10.9. The third kappa shape index (κ3) is 10.9. The van der Waals surface area contributed by atoms with Gasteiger partial charge in [0.15, 0.2) is 0 Å². The Labute approximate surface area is 314 Å². The van der Waals surface area contributed by atoms with Crippen LogP contribution in [0.2, 0.25) is 0 Å². The summed E-state index contributed by atoms with van der Waals surface area (Å²) in [5.41, 5.74) is 7.17. The summed E-state index contributed by atoms with van der Waals surface area (Å²) in [6.45, 7) is 35.2. The summed E-state index contributed by atoms with van der Waals surface area (Å²) in [6, 6.07) is 20.6. The lowest BCUT2D eigenvalue weighted by molar-refractivity contribution is -0.137. The molecule has 1 N–H and O–H groups in total. The molecule has 2 heterocycles. The van der Waals surface area contributed by atoms with Gasteiger partial charge < -0.3 is 15.0 Å². The normalized spacial score (nSPS) is 19.6. The largest absolute Gasteiger partial charge is 0.493 e. The van der Waals surface area contributed by atoms with Gasteiger partial charge in [-0.15, -0.1) is 6.58 Å². The Bertz CT molecular complexity index is 1780. The van der Waals surface area contributed by atoms with E-state index >= 15 is 0 Å². The third-order valence-corrected chi connectivity index (χ3v) is 9.86. The van der Waals surface area contributed by atoms with Crippen LogP contribution in [0.25, 0.3) is 22.2 Å². The van der Waals surface area contributed by atoms with Crippen molar-refractivity contribution in [3.63, 3.8) is 0 Å². The number of ether oxygens (including phenoxy) is 1. The second kappa shape index (κ2) is 18.2. The maximum absolute atomic E-state index is 13.0. The van der Waals surface area contributed by atoms with E-state index < -0.39 is 0 Å². The van der Waals surface area contributed by atoms with E-state index in [1.807, 2.05) is 64.1 Å². The van der Waals surface area contributed by atoms with E-state index in [-0.39, 0.29) is 23.1 Å². The fraction of sp³-hybridized carbons (Fsp3) is 0.457. The molecule has 1 aromatic heterocycles. The third-order valence-electron chi connectivity index (χ3n) is 9.86. The number of benzene rings is 2. The number of nitrogens with zero attached hydrogens (tertiary/aromatic N) is 3. The number of carbonyl (C=O) groups excluding carboxylic acids is 1. The average molecular weight is 703 g/mol. The van der Waals surface area contributed by atoms with Crippen molar-refractivity contribution in [2.75, 3.05) is 6.54 Å². The molecular weight excluding hydrogens is 641 g/mol. The zero-order valence-electron chi connectivity index (χ0n) is 33.3. The monoisotopic (exact) mass is 702 g/mol. The van der Waals surface area contributed by atoms with Crippen molar-refractivity contribution in [2.45, 2.75) is 112 Å². The quantitative estimate of drug-likeness (QED) is 0.159. The van der Waals surface area contributed by atoms with Crippen molar-refractivity contribution >= 4 is 16.8 Å². The molecule has 0 bridgehead atoms. The second-order valence-corrected chi connectivity index (χ2v) is 15.7. The van der Waals surface area contributed by atoms with Crippen molar-refractivity contribution in [2.24, 2.45) is 17.8 Å². The summed E-state index contributed by atoms with van der Waals surface area (Å²) in [4.78, 5) is 19.8. The Morgan fingerprint density at radius 1 is 1.13 bits per heavy atom. The van der Waals surface area contributed by atoms with Crippen LogP contribution in [0.15, 0.2) is 104 Å². The topological polar surface area (TPSA) is 78.2 Å². The van der Waals surface area contributed by atoms with Gasteiger partial charge in [-0.05, 0) is 96.4 Å². The van der Waals surface area contributed by atoms with Crippen LogP contribution in [0, 0.1) is 36.0 Å². The van der Waals surface area contributed by atoms with Crippen LogP contribution in [0.1, 0.15) is 92.2 Å². The summed E-state index contributed by atoms with van der Waals surface area (Å²) in [5.74, 6) is 1.96. The molecule has 1 saturated carbocycles. The number of hydrogen-bond acceptors (Lipinski definition) is 5. The lowest BCUT2D eigenvalue weighted by Gasteiger charge is -2.33. The lowest BCUT2D eigenvalue weighted by atomic mass is 9.91. The molecule has 2 aromatic carbocycles. The van der Waals surface area contributed by atoms with E-state index in [0.29, 0.717) is 24.2 Å². The molecule has 5 rings (SSSR count). The van der Waals surface area contributed by atoms with Gasteiger partial charge in [-0.2, -0.15) is 5.26 Å². The predicted molar refractivity (Wildman–Crippen MR) is 218 cm³/mol. The summed E-state index contributed by atoms with van der Waals surface area (Å²) in [5, 5.41) is 13.6. The first-order valence-corrected chi connectivity index (χ1v) is 18.7. The highest BCUT2D eigenvalue weighted by Crippen LogP contribution is 2.50. The lowest BCUT2D eigenvalue weighted by Crippen LogP contribution is -2.46. The fourth-order valence-electron chi connectivity index (χ4n) is 7.15. The van der Waals surface area contributed by atoms with Crippen LogP contribution < -0.4 is 5.32 Å². The molecule has 6 nitrogen and oxygen atoms in total. The van der Waals surface area contributed by atoms with Crippen LogP contribution in [0.4, 0.5) is 0 Å². The number of nitriles is 1. The molecule has 1 amide bonds. The molecule has 4 unspecified atom stereocenters. The minimum atomic E-state index is -0.0989. The van der Waals surface area contributed by atoms with Gasteiger partial charge >= 0.3 is 0 Å². The number of carbonyl (C=O) groups is 1. The number of nitrogens with one attached hydrogen (secondary N) is 1. The molecule has 6 heteroatoms. The molecule has 3 aromatic rings. The van der Waals surface area contributed by atoms with Crippen LogP contribution >= 0.6 is 0 Å². The Morgan fingerprint density at radius 2 is 1.81 bits per heavy atom. The molecule has 1 aliphatic carbocycles. The van der Waals surface area contributed by atoms with Crippen molar-refractivity contribution in [1.82, 2.24) is 15.2 Å². The summed E-state index contributed by atoms with van der Waals surface area (Å²) in [6.07, 6.45) is 6.39. The van der Waals surface area contributed by atoms with Gasteiger partial charge in [-0.25, -0.2) is 4.98 Å².